The van der Waals surface area contributed by atoms with Gasteiger partial charge in [-0.1, -0.05) is 12.1 Å². The molecule has 7 heteroatoms. The molecule has 0 atom stereocenters. The zero-order valence-electron chi connectivity index (χ0n) is 19.5. The molecule has 0 aliphatic rings. The maximum atomic E-state index is 12.7. The van der Waals surface area contributed by atoms with Gasteiger partial charge in [0.2, 0.25) is 0 Å². The Morgan fingerprint density at radius 2 is 1.17 bits per heavy atom. The largest absolute Gasteiger partial charge is 0.457 e. The standard InChI is InChI=1S/C28H26N4O3/c1-17(33)18-3-9-22(10-4-18)35-23-11-5-19(6-12-23)28(34)32-27-14-8-21(16-25(27)30)20-7-13-26(31-2)24(29)15-20/h3-16,31H,29-30H2,1-2H3,(H,32,34). The van der Waals surface area contributed by atoms with E-state index in [1.54, 1.807) is 60.7 Å². The third kappa shape index (κ3) is 5.42. The van der Waals surface area contributed by atoms with E-state index in [4.69, 9.17) is 16.2 Å². The van der Waals surface area contributed by atoms with Crippen molar-refractivity contribution in [2.45, 2.75) is 6.92 Å². The lowest BCUT2D eigenvalue weighted by Crippen LogP contribution is -2.13. The zero-order chi connectivity index (χ0) is 24.9. The summed E-state index contributed by atoms with van der Waals surface area (Å²) in [6.07, 6.45) is 0. The highest BCUT2D eigenvalue weighted by Crippen LogP contribution is 2.31. The first-order chi connectivity index (χ1) is 16.8. The summed E-state index contributed by atoms with van der Waals surface area (Å²) in [6.45, 7) is 1.51. The molecule has 1 amide bonds. The number of ether oxygens (including phenoxy) is 1. The Hall–Kier alpha value is -4.78. The van der Waals surface area contributed by atoms with Crippen LogP contribution < -0.4 is 26.8 Å². The summed E-state index contributed by atoms with van der Waals surface area (Å²) in [5.74, 6) is 0.881. The van der Waals surface area contributed by atoms with E-state index in [2.05, 4.69) is 10.6 Å². The highest BCUT2D eigenvalue weighted by atomic mass is 16.5. The highest BCUT2D eigenvalue weighted by molar-refractivity contribution is 6.06. The number of ketones is 1. The summed E-state index contributed by atoms with van der Waals surface area (Å²) < 4.78 is 5.79. The van der Waals surface area contributed by atoms with E-state index < -0.39 is 0 Å². The molecule has 7 nitrogen and oxygen atoms in total. The minimum Gasteiger partial charge on any atom is -0.457 e. The number of Topliss-reactive ketones (excluding diaryl/α,β-unsaturated/α-hetero) is 1. The van der Waals surface area contributed by atoms with Gasteiger partial charge in [-0.3, -0.25) is 9.59 Å². The normalized spacial score (nSPS) is 10.5. The molecule has 0 saturated carbocycles. The Kier molecular flexibility index (Phi) is 6.69. The van der Waals surface area contributed by atoms with Crippen molar-refractivity contribution in [1.82, 2.24) is 0 Å². The first-order valence-electron chi connectivity index (χ1n) is 11.0. The fraction of sp³-hybridized carbons (Fsp3) is 0.0714. The number of anilines is 4. The number of nitrogens with two attached hydrogens (primary N) is 2. The van der Waals surface area contributed by atoms with Crippen LogP contribution >= 0.6 is 0 Å². The van der Waals surface area contributed by atoms with Gasteiger partial charge in [-0.15, -0.1) is 0 Å². The number of benzene rings is 4. The van der Waals surface area contributed by atoms with Gasteiger partial charge in [-0.05, 0) is 90.8 Å². The molecule has 0 spiro atoms. The Bertz CT molecular complexity index is 1380. The number of hydrogen-bond acceptors (Lipinski definition) is 6. The second-order valence-corrected chi connectivity index (χ2v) is 8.02. The van der Waals surface area contributed by atoms with E-state index in [1.165, 1.54) is 6.92 Å². The maximum absolute atomic E-state index is 12.7. The number of carbonyl (C=O) groups excluding carboxylic acids is 2. The number of carbonyl (C=O) groups is 2. The first kappa shape index (κ1) is 23.4. The number of nitrogen functional groups attached to an aromatic ring is 2. The average molecular weight is 467 g/mol. The van der Waals surface area contributed by atoms with Crippen LogP contribution in [0.25, 0.3) is 11.1 Å². The van der Waals surface area contributed by atoms with Gasteiger partial charge in [0.1, 0.15) is 11.5 Å². The predicted molar refractivity (Wildman–Crippen MR) is 141 cm³/mol. The molecule has 0 aromatic heterocycles. The summed E-state index contributed by atoms with van der Waals surface area (Å²) in [6, 6.07) is 24.8. The van der Waals surface area contributed by atoms with Crippen molar-refractivity contribution in [3.05, 3.63) is 96.1 Å². The first-order valence-corrected chi connectivity index (χ1v) is 11.0. The van der Waals surface area contributed by atoms with Crippen LogP contribution in [0.3, 0.4) is 0 Å². The van der Waals surface area contributed by atoms with Crippen LogP contribution in [0.1, 0.15) is 27.6 Å². The Labute approximate surface area is 203 Å². The number of hydrogen-bond donors (Lipinski definition) is 4. The molecular formula is C28H26N4O3. The van der Waals surface area contributed by atoms with Crippen LogP contribution in [0.2, 0.25) is 0 Å². The molecule has 4 aromatic rings. The maximum Gasteiger partial charge on any atom is 0.255 e. The fourth-order valence-electron chi connectivity index (χ4n) is 3.59. The third-order valence-electron chi connectivity index (χ3n) is 5.57. The van der Waals surface area contributed by atoms with Crippen molar-refractivity contribution in [2.75, 3.05) is 29.1 Å². The molecule has 0 heterocycles. The minimum atomic E-state index is -0.288. The molecule has 0 saturated heterocycles. The second-order valence-electron chi connectivity index (χ2n) is 8.02. The van der Waals surface area contributed by atoms with Crippen LogP contribution in [0.15, 0.2) is 84.9 Å². The fourth-order valence-corrected chi connectivity index (χ4v) is 3.59. The number of rotatable bonds is 7. The van der Waals surface area contributed by atoms with Crippen LogP contribution in [0.4, 0.5) is 22.7 Å². The molecule has 0 aliphatic heterocycles. The molecule has 6 N–H and O–H groups in total. The van der Waals surface area contributed by atoms with E-state index >= 15 is 0 Å². The van der Waals surface area contributed by atoms with Gasteiger partial charge in [-0.25, -0.2) is 0 Å². The van der Waals surface area contributed by atoms with Gasteiger partial charge in [0.05, 0.1) is 22.7 Å². The lowest BCUT2D eigenvalue weighted by molar-refractivity contribution is 0.101. The highest BCUT2D eigenvalue weighted by Gasteiger charge is 2.11. The molecule has 35 heavy (non-hydrogen) atoms. The van der Waals surface area contributed by atoms with Crippen molar-refractivity contribution >= 4 is 34.4 Å². The van der Waals surface area contributed by atoms with Crippen LogP contribution in [0.5, 0.6) is 11.5 Å². The summed E-state index contributed by atoms with van der Waals surface area (Å²) >= 11 is 0. The minimum absolute atomic E-state index is 0.00456. The smallest absolute Gasteiger partial charge is 0.255 e. The van der Waals surface area contributed by atoms with Crippen LogP contribution in [0, 0.1) is 0 Å². The number of nitrogens with one attached hydrogen (secondary N) is 2. The zero-order valence-corrected chi connectivity index (χ0v) is 19.5. The third-order valence-corrected chi connectivity index (χ3v) is 5.57. The molecule has 0 unspecified atom stereocenters. The van der Waals surface area contributed by atoms with Crippen molar-refractivity contribution in [3.8, 4) is 22.6 Å². The molecule has 4 rings (SSSR count). The Morgan fingerprint density at radius 1 is 0.686 bits per heavy atom. The Balaban J connectivity index is 1.42. The van der Waals surface area contributed by atoms with E-state index in [0.717, 1.165) is 16.8 Å². The van der Waals surface area contributed by atoms with E-state index in [1.807, 2.05) is 31.3 Å². The van der Waals surface area contributed by atoms with Gasteiger partial charge in [0.25, 0.3) is 5.91 Å². The predicted octanol–water partition coefficient (Wildman–Crippen LogP) is 5.81. The molecule has 176 valence electrons. The summed E-state index contributed by atoms with van der Waals surface area (Å²) in [5, 5.41) is 5.89. The SMILES string of the molecule is CNc1ccc(-c2ccc(NC(=O)c3ccc(Oc4ccc(C(C)=O)cc4)cc3)c(N)c2)cc1N. The van der Waals surface area contributed by atoms with Gasteiger partial charge in [-0.2, -0.15) is 0 Å². The van der Waals surface area contributed by atoms with Crippen LogP contribution in [-0.2, 0) is 0 Å². The van der Waals surface area contributed by atoms with E-state index in [0.29, 0.717) is 39.7 Å². The quantitative estimate of drug-likeness (QED) is 0.202. The lowest BCUT2D eigenvalue weighted by Gasteiger charge is -2.12. The van der Waals surface area contributed by atoms with E-state index in [-0.39, 0.29) is 11.7 Å². The van der Waals surface area contributed by atoms with Gasteiger partial charge in [0, 0.05) is 18.2 Å². The van der Waals surface area contributed by atoms with E-state index in [9.17, 15) is 9.59 Å². The average Bonchev–Trinajstić information content (AvgIpc) is 2.86. The number of amides is 1. The molecule has 4 aromatic carbocycles. The topological polar surface area (TPSA) is 119 Å². The second kappa shape index (κ2) is 10.0. The molecule has 0 radical (unpaired) electrons. The molecule has 0 fully saturated rings. The summed E-state index contributed by atoms with van der Waals surface area (Å²) in [7, 11) is 1.82. The monoisotopic (exact) mass is 466 g/mol. The van der Waals surface area contributed by atoms with Crippen molar-refractivity contribution < 1.29 is 14.3 Å². The Morgan fingerprint density at radius 3 is 1.63 bits per heavy atom. The molecular weight excluding hydrogens is 440 g/mol. The van der Waals surface area contributed by atoms with Crippen molar-refractivity contribution in [1.29, 1.82) is 0 Å². The van der Waals surface area contributed by atoms with Gasteiger partial charge >= 0.3 is 0 Å². The van der Waals surface area contributed by atoms with Gasteiger partial charge in [0.15, 0.2) is 5.78 Å². The summed E-state index contributed by atoms with van der Waals surface area (Å²) in [4.78, 5) is 24.1. The van der Waals surface area contributed by atoms with Crippen molar-refractivity contribution in [2.24, 2.45) is 0 Å². The lowest BCUT2D eigenvalue weighted by atomic mass is 10.0. The van der Waals surface area contributed by atoms with Crippen molar-refractivity contribution in [3.63, 3.8) is 0 Å². The molecule has 0 bridgehead atoms. The van der Waals surface area contributed by atoms with Gasteiger partial charge < -0.3 is 26.8 Å². The molecule has 0 aliphatic carbocycles. The van der Waals surface area contributed by atoms with Crippen LogP contribution in [-0.4, -0.2) is 18.7 Å². The summed E-state index contributed by atoms with van der Waals surface area (Å²) in [5.41, 5.74) is 17.6.